The Labute approximate surface area is 88.8 Å². The number of anilines is 2. The van der Waals surface area contributed by atoms with Crippen molar-refractivity contribution in [3.63, 3.8) is 0 Å². The zero-order chi connectivity index (χ0) is 10.8. The molecule has 1 aromatic heterocycles. The highest BCUT2D eigenvalue weighted by Gasteiger charge is 2.00. The van der Waals surface area contributed by atoms with Gasteiger partial charge in [-0.2, -0.15) is 0 Å². The first-order valence-corrected chi connectivity index (χ1v) is 4.75. The van der Waals surface area contributed by atoms with Crippen molar-refractivity contribution >= 4 is 11.6 Å². The third-order valence-corrected chi connectivity index (χ3v) is 2.25. The lowest BCUT2D eigenvalue weighted by atomic mass is 10.1. The molecule has 0 saturated carbocycles. The van der Waals surface area contributed by atoms with Gasteiger partial charge in [-0.25, -0.2) is 4.98 Å². The van der Waals surface area contributed by atoms with Gasteiger partial charge in [-0.05, 0) is 30.2 Å². The Hall–Kier alpha value is -2.03. The standard InChI is InChI=1S/C12H13N3/c1-8-2-4-9(5-3-8)10-6-11(13)15-12(14)7-10/h2-7H,1H3,(H4,13,14,15). The van der Waals surface area contributed by atoms with Crippen molar-refractivity contribution in [2.24, 2.45) is 0 Å². The second-order valence-corrected chi connectivity index (χ2v) is 3.57. The Morgan fingerprint density at radius 2 is 1.40 bits per heavy atom. The molecule has 0 aliphatic heterocycles. The van der Waals surface area contributed by atoms with E-state index in [1.807, 2.05) is 24.3 Å². The second kappa shape index (κ2) is 3.61. The van der Waals surface area contributed by atoms with E-state index in [9.17, 15) is 0 Å². The minimum absolute atomic E-state index is 0.450. The number of nitrogen functional groups attached to an aromatic ring is 2. The number of nitrogens with zero attached hydrogens (tertiary/aromatic N) is 1. The van der Waals surface area contributed by atoms with Crippen LogP contribution in [0.25, 0.3) is 11.1 Å². The van der Waals surface area contributed by atoms with Gasteiger partial charge in [-0.1, -0.05) is 29.8 Å². The molecule has 3 nitrogen and oxygen atoms in total. The van der Waals surface area contributed by atoms with Crippen LogP contribution in [0.15, 0.2) is 36.4 Å². The first-order chi connectivity index (χ1) is 7.15. The van der Waals surface area contributed by atoms with Crippen LogP contribution in [0.4, 0.5) is 11.6 Å². The predicted octanol–water partition coefficient (Wildman–Crippen LogP) is 2.22. The summed E-state index contributed by atoms with van der Waals surface area (Å²) in [4.78, 5) is 3.93. The van der Waals surface area contributed by atoms with Crippen molar-refractivity contribution in [1.29, 1.82) is 0 Å². The zero-order valence-electron chi connectivity index (χ0n) is 8.57. The van der Waals surface area contributed by atoms with Crippen LogP contribution in [-0.2, 0) is 0 Å². The van der Waals surface area contributed by atoms with Crippen LogP contribution in [0.1, 0.15) is 5.56 Å². The summed E-state index contributed by atoms with van der Waals surface area (Å²) in [6.45, 7) is 2.05. The molecule has 2 rings (SSSR count). The topological polar surface area (TPSA) is 64.9 Å². The Morgan fingerprint density at radius 1 is 0.867 bits per heavy atom. The number of aromatic nitrogens is 1. The highest BCUT2D eigenvalue weighted by atomic mass is 14.9. The predicted molar refractivity (Wildman–Crippen MR) is 63.2 cm³/mol. The van der Waals surface area contributed by atoms with Crippen LogP contribution >= 0.6 is 0 Å². The number of nitrogens with two attached hydrogens (primary N) is 2. The first kappa shape index (κ1) is 9.52. The van der Waals surface area contributed by atoms with Crippen molar-refractivity contribution in [2.45, 2.75) is 6.92 Å². The van der Waals surface area contributed by atoms with Crippen LogP contribution in [0.3, 0.4) is 0 Å². The molecule has 1 heterocycles. The van der Waals surface area contributed by atoms with E-state index in [2.05, 4.69) is 24.0 Å². The maximum atomic E-state index is 5.64. The Kier molecular flexibility index (Phi) is 2.29. The van der Waals surface area contributed by atoms with Gasteiger partial charge in [0, 0.05) is 0 Å². The van der Waals surface area contributed by atoms with Crippen LogP contribution in [0, 0.1) is 6.92 Å². The molecular weight excluding hydrogens is 186 g/mol. The maximum absolute atomic E-state index is 5.64. The molecule has 15 heavy (non-hydrogen) atoms. The Bertz CT molecular complexity index is 454. The third kappa shape index (κ3) is 2.07. The quantitative estimate of drug-likeness (QED) is 0.740. The van der Waals surface area contributed by atoms with Crippen molar-refractivity contribution in [3.8, 4) is 11.1 Å². The summed E-state index contributed by atoms with van der Waals surface area (Å²) >= 11 is 0. The summed E-state index contributed by atoms with van der Waals surface area (Å²) in [5.74, 6) is 0.899. The second-order valence-electron chi connectivity index (χ2n) is 3.57. The van der Waals surface area contributed by atoms with Gasteiger partial charge < -0.3 is 11.5 Å². The molecule has 0 atom stereocenters. The molecule has 0 amide bonds. The van der Waals surface area contributed by atoms with Gasteiger partial charge in [0.15, 0.2) is 0 Å². The van der Waals surface area contributed by atoms with Crippen molar-refractivity contribution in [3.05, 3.63) is 42.0 Å². The van der Waals surface area contributed by atoms with Crippen molar-refractivity contribution < 1.29 is 0 Å². The number of rotatable bonds is 1. The molecule has 0 fully saturated rings. The highest BCUT2D eigenvalue weighted by molar-refractivity contribution is 5.69. The molecule has 0 aliphatic rings. The summed E-state index contributed by atoms with van der Waals surface area (Å²) < 4.78 is 0. The van der Waals surface area contributed by atoms with Crippen molar-refractivity contribution in [1.82, 2.24) is 4.98 Å². The molecule has 0 unspecified atom stereocenters. The fourth-order valence-electron chi connectivity index (χ4n) is 1.49. The van der Waals surface area contributed by atoms with Gasteiger partial charge in [0.1, 0.15) is 11.6 Å². The fourth-order valence-corrected chi connectivity index (χ4v) is 1.49. The van der Waals surface area contributed by atoms with Crippen molar-refractivity contribution in [2.75, 3.05) is 11.5 Å². The molecule has 0 saturated heterocycles. The number of benzene rings is 1. The van der Waals surface area contributed by atoms with E-state index in [0.29, 0.717) is 11.6 Å². The van der Waals surface area contributed by atoms with Gasteiger partial charge in [-0.3, -0.25) is 0 Å². The minimum Gasteiger partial charge on any atom is -0.384 e. The average molecular weight is 199 g/mol. The van der Waals surface area contributed by atoms with Gasteiger partial charge in [0.2, 0.25) is 0 Å². The molecule has 1 aromatic carbocycles. The molecule has 2 aromatic rings. The Morgan fingerprint density at radius 3 is 1.93 bits per heavy atom. The van der Waals surface area contributed by atoms with E-state index in [1.165, 1.54) is 5.56 Å². The van der Waals surface area contributed by atoms with Crippen LogP contribution < -0.4 is 11.5 Å². The van der Waals surface area contributed by atoms with Gasteiger partial charge in [0.25, 0.3) is 0 Å². The molecule has 3 heteroatoms. The lowest BCUT2D eigenvalue weighted by Gasteiger charge is -2.04. The normalized spacial score (nSPS) is 10.2. The molecule has 76 valence electrons. The number of aryl methyl sites for hydroxylation is 1. The van der Waals surface area contributed by atoms with Crippen LogP contribution in [-0.4, -0.2) is 4.98 Å². The molecule has 0 spiro atoms. The summed E-state index contributed by atoms with van der Waals surface area (Å²) in [6, 6.07) is 11.8. The van der Waals surface area contributed by atoms with Gasteiger partial charge in [-0.15, -0.1) is 0 Å². The first-order valence-electron chi connectivity index (χ1n) is 4.75. The minimum atomic E-state index is 0.450. The number of pyridine rings is 1. The zero-order valence-corrected chi connectivity index (χ0v) is 8.57. The third-order valence-electron chi connectivity index (χ3n) is 2.25. The summed E-state index contributed by atoms with van der Waals surface area (Å²) in [5, 5.41) is 0. The monoisotopic (exact) mass is 199 g/mol. The van der Waals surface area contributed by atoms with E-state index in [1.54, 1.807) is 0 Å². The largest absolute Gasteiger partial charge is 0.384 e. The van der Waals surface area contributed by atoms with Gasteiger partial charge >= 0.3 is 0 Å². The average Bonchev–Trinajstić information content (AvgIpc) is 2.17. The van der Waals surface area contributed by atoms with E-state index in [0.717, 1.165) is 11.1 Å². The smallest absolute Gasteiger partial charge is 0.126 e. The highest BCUT2D eigenvalue weighted by Crippen LogP contribution is 2.22. The molecule has 0 aliphatic carbocycles. The number of hydrogen-bond acceptors (Lipinski definition) is 3. The lowest BCUT2D eigenvalue weighted by molar-refractivity contribution is 1.34. The van der Waals surface area contributed by atoms with Crippen LogP contribution in [0.5, 0.6) is 0 Å². The SMILES string of the molecule is Cc1ccc(-c2cc(N)nc(N)c2)cc1. The van der Waals surface area contributed by atoms with E-state index in [-0.39, 0.29) is 0 Å². The van der Waals surface area contributed by atoms with E-state index < -0.39 is 0 Å². The van der Waals surface area contributed by atoms with Gasteiger partial charge in [0.05, 0.1) is 0 Å². The molecule has 0 radical (unpaired) electrons. The Balaban J connectivity index is 2.49. The lowest BCUT2D eigenvalue weighted by Crippen LogP contribution is -1.96. The van der Waals surface area contributed by atoms with E-state index in [4.69, 9.17) is 11.5 Å². The van der Waals surface area contributed by atoms with Crippen LogP contribution in [0.2, 0.25) is 0 Å². The van der Waals surface area contributed by atoms with E-state index >= 15 is 0 Å². The summed E-state index contributed by atoms with van der Waals surface area (Å²) in [5.41, 5.74) is 14.6. The maximum Gasteiger partial charge on any atom is 0.126 e. The molecule has 4 N–H and O–H groups in total. The summed E-state index contributed by atoms with van der Waals surface area (Å²) in [7, 11) is 0. The summed E-state index contributed by atoms with van der Waals surface area (Å²) in [6.07, 6.45) is 0. The molecule has 0 bridgehead atoms. The number of hydrogen-bond donors (Lipinski definition) is 2. The fraction of sp³-hybridized carbons (Fsp3) is 0.0833. The molecular formula is C12H13N3.